The third kappa shape index (κ3) is 4.18. The van der Waals surface area contributed by atoms with Gasteiger partial charge in [-0.1, -0.05) is 0 Å². The second-order valence-corrected chi connectivity index (χ2v) is 4.99. The predicted octanol–water partition coefficient (Wildman–Crippen LogP) is 3.17. The van der Waals surface area contributed by atoms with Gasteiger partial charge in [0.05, 0.1) is 19.8 Å². The maximum atomic E-state index is 12.5. The topological polar surface area (TPSA) is 85.5 Å². The molecule has 0 bridgehead atoms. The van der Waals surface area contributed by atoms with Crippen LogP contribution in [-0.2, 0) is 0 Å². The molecule has 1 heterocycles. The van der Waals surface area contributed by atoms with Crippen LogP contribution in [-0.4, -0.2) is 35.9 Å². The lowest BCUT2D eigenvalue weighted by molar-refractivity contribution is 0.102. The number of carbonyl (C=O) groups excluding carboxylic acids is 1. The standard InChI is InChI=1S/C17H23N3O4/c1-5-22-13-9-12(10-14(23-6-2)16(13)24-7-3)17(21)18-15-8-11(4)19-20-15/h8-10H,5-7H2,1-4H3,(H2,18,19,20,21). The molecule has 1 aromatic carbocycles. The summed E-state index contributed by atoms with van der Waals surface area (Å²) in [7, 11) is 0. The van der Waals surface area contributed by atoms with Crippen LogP contribution >= 0.6 is 0 Å². The number of ether oxygens (including phenoxy) is 3. The van der Waals surface area contributed by atoms with Crippen LogP contribution in [0.5, 0.6) is 17.2 Å². The third-order valence-electron chi connectivity index (χ3n) is 3.12. The van der Waals surface area contributed by atoms with Gasteiger partial charge in [-0.25, -0.2) is 0 Å². The lowest BCUT2D eigenvalue weighted by Crippen LogP contribution is -2.13. The van der Waals surface area contributed by atoms with Gasteiger partial charge >= 0.3 is 0 Å². The normalized spacial score (nSPS) is 10.3. The van der Waals surface area contributed by atoms with E-state index >= 15 is 0 Å². The molecule has 2 N–H and O–H groups in total. The van der Waals surface area contributed by atoms with Crippen LogP contribution < -0.4 is 19.5 Å². The molecule has 24 heavy (non-hydrogen) atoms. The smallest absolute Gasteiger partial charge is 0.257 e. The van der Waals surface area contributed by atoms with Crippen LogP contribution in [0.2, 0.25) is 0 Å². The highest BCUT2D eigenvalue weighted by Crippen LogP contribution is 2.39. The summed E-state index contributed by atoms with van der Waals surface area (Å²) in [4.78, 5) is 12.5. The minimum Gasteiger partial charge on any atom is -0.490 e. The van der Waals surface area contributed by atoms with Gasteiger partial charge in [-0.05, 0) is 39.8 Å². The summed E-state index contributed by atoms with van der Waals surface area (Å²) in [5, 5.41) is 9.52. The van der Waals surface area contributed by atoms with Crippen molar-refractivity contribution < 1.29 is 19.0 Å². The first-order valence-corrected chi connectivity index (χ1v) is 7.98. The van der Waals surface area contributed by atoms with Crippen molar-refractivity contribution in [3.05, 3.63) is 29.5 Å². The molecule has 130 valence electrons. The van der Waals surface area contributed by atoms with E-state index in [9.17, 15) is 4.79 Å². The number of hydrogen-bond donors (Lipinski definition) is 2. The molecule has 7 nitrogen and oxygen atoms in total. The highest BCUT2D eigenvalue weighted by molar-refractivity contribution is 6.04. The molecule has 0 radical (unpaired) electrons. The Labute approximate surface area is 141 Å². The van der Waals surface area contributed by atoms with Crippen LogP contribution in [0, 0.1) is 6.92 Å². The Bertz CT molecular complexity index is 670. The van der Waals surface area contributed by atoms with Gasteiger partial charge in [0, 0.05) is 17.3 Å². The molecule has 0 atom stereocenters. The van der Waals surface area contributed by atoms with Crippen LogP contribution in [0.3, 0.4) is 0 Å². The number of carbonyl (C=O) groups is 1. The van der Waals surface area contributed by atoms with E-state index in [1.165, 1.54) is 0 Å². The fraction of sp³-hybridized carbons (Fsp3) is 0.412. The number of benzene rings is 1. The first-order chi connectivity index (χ1) is 11.6. The summed E-state index contributed by atoms with van der Waals surface area (Å²) in [6, 6.07) is 5.04. The molecule has 0 unspecified atom stereocenters. The Hall–Kier alpha value is -2.70. The van der Waals surface area contributed by atoms with Crippen molar-refractivity contribution in [3.63, 3.8) is 0 Å². The molecule has 0 aliphatic carbocycles. The zero-order chi connectivity index (χ0) is 17.5. The second kappa shape index (κ2) is 8.24. The van der Waals surface area contributed by atoms with Crippen molar-refractivity contribution >= 4 is 11.7 Å². The third-order valence-corrected chi connectivity index (χ3v) is 3.12. The molecule has 2 aromatic rings. The van der Waals surface area contributed by atoms with Gasteiger partial charge < -0.3 is 19.5 Å². The van der Waals surface area contributed by atoms with Crippen LogP contribution in [0.15, 0.2) is 18.2 Å². The molecular weight excluding hydrogens is 310 g/mol. The number of H-pyrrole nitrogens is 1. The van der Waals surface area contributed by atoms with Gasteiger partial charge in [-0.2, -0.15) is 5.10 Å². The molecule has 0 aliphatic rings. The molecule has 7 heteroatoms. The molecular formula is C17H23N3O4. The largest absolute Gasteiger partial charge is 0.490 e. The van der Waals surface area contributed by atoms with Gasteiger partial charge in [0.15, 0.2) is 17.3 Å². The van der Waals surface area contributed by atoms with Gasteiger partial charge in [0.2, 0.25) is 5.75 Å². The maximum absolute atomic E-state index is 12.5. The second-order valence-electron chi connectivity index (χ2n) is 4.99. The van der Waals surface area contributed by atoms with Crippen LogP contribution in [0.25, 0.3) is 0 Å². The number of anilines is 1. The van der Waals surface area contributed by atoms with E-state index in [1.807, 2.05) is 27.7 Å². The van der Waals surface area contributed by atoms with Crippen molar-refractivity contribution in [1.82, 2.24) is 10.2 Å². The van der Waals surface area contributed by atoms with E-state index in [0.29, 0.717) is 48.5 Å². The summed E-state index contributed by atoms with van der Waals surface area (Å²) < 4.78 is 16.9. The van der Waals surface area contributed by atoms with Gasteiger partial charge in [-0.3, -0.25) is 9.89 Å². The molecule has 0 aliphatic heterocycles. The average Bonchev–Trinajstić information content (AvgIpc) is 2.95. The van der Waals surface area contributed by atoms with Crippen molar-refractivity contribution in [1.29, 1.82) is 0 Å². The van der Waals surface area contributed by atoms with E-state index in [-0.39, 0.29) is 5.91 Å². The number of hydrogen-bond acceptors (Lipinski definition) is 5. The number of aromatic nitrogens is 2. The van der Waals surface area contributed by atoms with Gasteiger partial charge in [0.25, 0.3) is 5.91 Å². The minimum atomic E-state index is -0.300. The Balaban J connectivity index is 2.35. The fourth-order valence-electron chi connectivity index (χ4n) is 2.19. The zero-order valence-corrected chi connectivity index (χ0v) is 14.4. The molecule has 0 fully saturated rings. The lowest BCUT2D eigenvalue weighted by atomic mass is 10.1. The summed E-state index contributed by atoms with van der Waals surface area (Å²) >= 11 is 0. The molecule has 1 amide bonds. The number of nitrogens with one attached hydrogen (secondary N) is 2. The predicted molar refractivity (Wildman–Crippen MR) is 91.2 cm³/mol. The highest BCUT2D eigenvalue weighted by atomic mass is 16.5. The van der Waals surface area contributed by atoms with Gasteiger partial charge in [0.1, 0.15) is 0 Å². The van der Waals surface area contributed by atoms with E-state index in [4.69, 9.17) is 14.2 Å². The summed E-state index contributed by atoms with van der Waals surface area (Å²) in [6.45, 7) is 8.86. The Morgan fingerprint density at radius 1 is 1.04 bits per heavy atom. The zero-order valence-electron chi connectivity index (χ0n) is 14.4. The van der Waals surface area contributed by atoms with Crippen molar-refractivity contribution in [2.45, 2.75) is 27.7 Å². The van der Waals surface area contributed by atoms with Crippen LogP contribution in [0.1, 0.15) is 36.8 Å². The Kier molecular flexibility index (Phi) is 6.06. The van der Waals surface area contributed by atoms with Crippen molar-refractivity contribution in [2.24, 2.45) is 0 Å². The lowest BCUT2D eigenvalue weighted by Gasteiger charge is -2.16. The number of aryl methyl sites for hydroxylation is 1. The number of rotatable bonds is 8. The number of nitrogens with zero attached hydrogens (tertiary/aromatic N) is 1. The monoisotopic (exact) mass is 333 g/mol. The first-order valence-electron chi connectivity index (χ1n) is 7.98. The highest BCUT2D eigenvalue weighted by Gasteiger charge is 2.18. The van der Waals surface area contributed by atoms with Crippen molar-refractivity contribution in [3.8, 4) is 17.2 Å². The molecule has 2 rings (SSSR count). The fourth-order valence-corrected chi connectivity index (χ4v) is 2.19. The summed E-state index contributed by atoms with van der Waals surface area (Å²) in [6.07, 6.45) is 0. The Morgan fingerprint density at radius 2 is 1.62 bits per heavy atom. The summed E-state index contributed by atoms with van der Waals surface area (Å²) in [5.41, 5.74) is 1.27. The van der Waals surface area contributed by atoms with E-state index < -0.39 is 0 Å². The first kappa shape index (κ1) is 17.7. The van der Waals surface area contributed by atoms with E-state index in [1.54, 1.807) is 18.2 Å². The molecule has 0 spiro atoms. The van der Waals surface area contributed by atoms with Crippen molar-refractivity contribution in [2.75, 3.05) is 25.1 Å². The van der Waals surface area contributed by atoms with E-state index in [2.05, 4.69) is 15.5 Å². The Morgan fingerprint density at radius 3 is 2.08 bits per heavy atom. The molecule has 0 saturated carbocycles. The molecule has 1 aromatic heterocycles. The number of aromatic amines is 1. The van der Waals surface area contributed by atoms with Gasteiger partial charge in [-0.15, -0.1) is 0 Å². The quantitative estimate of drug-likeness (QED) is 0.775. The maximum Gasteiger partial charge on any atom is 0.257 e. The van der Waals surface area contributed by atoms with Crippen LogP contribution in [0.4, 0.5) is 5.82 Å². The van der Waals surface area contributed by atoms with E-state index in [0.717, 1.165) is 5.69 Å². The SMILES string of the molecule is CCOc1cc(C(=O)Nc2cc(C)[nH]n2)cc(OCC)c1OCC. The summed E-state index contributed by atoms with van der Waals surface area (Å²) in [5.74, 6) is 1.63. The molecule has 0 saturated heterocycles. The number of amides is 1. The average molecular weight is 333 g/mol. The minimum absolute atomic E-state index is 0.300.